The molecule has 5 nitrogen and oxygen atoms in total. The van der Waals surface area contributed by atoms with E-state index in [-0.39, 0.29) is 18.4 Å². The van der Waals surface area contributed by atoms with Gasteiger partial charge in [-0.2, -0.15) is 5.26 Å². The fraction of sp³-hybridized carbons (Fsp3) is 0.238. The van der Waals surface area contributed by atoms with Crippen LogP contribution in [0.25, 0.3) is 6.08 Å². The number of rotatable bonds is 8. The standard InChI is InChI=1S/C21H22N2O3/c1-16(18-6-4-3-5-7-18)15-23-21(24)11-9-17-8-10-19(26-13-12-22)20(14-17)25-2/h3-11,14,16H,13,15H2,1-2H3,(H,23,24)/b11-9+/t16-/m0/s1. The van der Waals surface area contributed by atoms with Crippen LogP contribution in [0.15, 0.2) is 54.6 Å². The Kier molecular flexibility index (Phi) is 7.26. The molecule has 0 spiro atoms. The maximum atomic E-state index is 12.0. The van der Waals surface area contributed by atoms with Crippen molar-refractivity contribution in [3.63, 3.8) is 0 Å². The second-order valence-electron chi connectivity index (χ2n) is 5.75. The van der Waals surface area contributed by atoms with Crippen molar-refractivity contribution in [2.75, 3.05) is 20.3 Å². The normalized spacial score (nSPS) is 11.6. The first-order valence-corrected chi connectivity index (χ1v) is 8.32. The number of nitrogens with one attached hydrogen (secondary N) is 1. The second-order valence-corrected chi connectivity index (χ2v) is 5.75. The number of carbonyl (C=O) groups is 1. The highest BCUT2D eigenvalue weighted by molar-refractivity contribution is 5.91. The van der Waals surface area contributed by atoms with Crippen LogP contribution in [-0.4, -0.2) is 26.2 Å². The molecule has 1 amide bonds. The maximum Gasteiger partial charge on any atom is 0.244 e. The number of ether oxygens (including phenoxy) is 2. The molecule has 0 aromatic heterocycles. The van der Waals surface area contributed by atoms with Crippen molar-refractivity contribution in [1.29, 1.82) is 5.26 Å². The molecule has 2 aromatic carbocycles. The Labute approximate surface area is 153 Å². The number of carbonyl (C=O) groups excluding carboxylic acids is 1. The Morgan fingerprint density at radius 2 is 2.00 bits per heavy atom. The summed E-state index contributed by atoms with van der Waals surface area (Å²) in [7, 11) is 1.53. The van der Waals surface area contributed by atoms with Gasteiger partial charge in [-0.25, -0.2) is 0 Å². The zero-order valence-corrected chi connectivity index (χ0v) is 14.9. The smallest absolute Gasteiger partial charge is 0.244 e. The lowest BCUT2D eigenvalue weighted by atomic mass is 10.0. The van der Waals surface area contributed by atoms with Crippen LogP contribution in [0.2, 0.25) is 0 Å². The minimum Gasteiger partial charge on any atom is -0.493 e. The molecule has 2 aromatic rings. The molecular formula is C21H22N2O3. The van der Waals surface area contributed by atoms with E-state index in [0.29, 0.717) is 18.0 Å². The van der Waals surface area contributed by atoms with Crippen molar-refractivity contribution in [2.45, 2.75) is 12.8 Å². The van der Waals surface area contributed by atoms with E-state index in [1.165, 1.54) is 18.7 Å². The maximum absolute atomic E-state index is 12.0. The van der Waals surface area contributed by atoms with Gasteiger partial charge < -0.3 is 14.8 Å². The molecule has 0 saturated heterocycles. The first-order chi connectivity index (χ1) is 12.6. The molecule has 26 heavy (non-hydrogen) atoms. The predicted octanol–water partition coefficient (Wildman–Crippen LogP) is 3.53. The molecule has 0 heterocycles. The number of hydrogen-bond donors (Lipinski definition) is 1. The number of nitrogens with zero attached hydrogens (tertiary/aromatic N) is 1. The third kappa shape index (κ3) is 5.67. The lowest BCUT2D eigenvalue weighted by Crippen LogP contribution is -2.25. The van der Waals surface area contributed by atoms with Crippen LogP contribution in [0.3, 0.4) is 0 Å². The lowest BCUT2D eigenvalue weighted by Gasteiger charge is -2.12. The van der Waals surface area contributed by atoms with Crippen molar-refractivity contribution in [2.24, 2.45) is 0 Å². The molecule has 134 valence electrons. The average Bonchev–Trinajstić information content (AvgIpc) is 2.69. The van der Waals surface area contributed by atoms with Crippen LogP contribution in [0.5, 0.6) is 11.5 Å². The van der Waals surface area contributed by atoms with Crippen LogP contribution in [0, 0.1) is 11.3 Å². The van der Waals surface area contributed by atoms with Crippen molar-refractivity contribution in [1.82, 2.24) is 5.32 Å². The van der Waals surface area contributed by atoms with Crippen LogP contribution in [-0.2, 0) is 4.79 Å². The quantitative estimate of drug-likeness (QED) is 0.739. The van der Waals surface area contributed by atoms with E-state index < -0.39 is 0 Å². The monoisotopic (exact) mass is 350 g/mol. The molecule has 0 radical (unpaired) electrons. The minimum absolute atomic E-state index is 0.0481. The summed E-state index contributed by atoms with van der Waals surface area (Å²) in [6.45, 7) is 2.59. The van der Waals surface area contributed by atoms with Gasteiger partial charge in [0.1, 0.15) is 6.07 Å². The van der Waals surface area contributed by atoms with Crippen LogP contribution < -0.4 is 14.8 Å². The SMILES string of the molecule is COc1cc(/C=C/C(=O)NC[C@H](C)c2ccccc2)ccc1OCC#N. The van der Waals surface area contributed by atoms with Crippen molar-refractivity contribution in [3.05, 3.63) is 65.7 Å². The molecule has 1 atom stereocenters. The molecule has 5 heteroatoms. The third-order valence-corrected chi connectivity index (χ3v) is 3.86. The van der Waals surface area contributed by atoms with E-state index in [9.17, 15) is 4.79 Å². The zero-order chi connectivity index (χ0) is 18.8. The van der Waals surface area contributed by atoms with Gasteiger partial charge in [-0.15, -0.1) is 0 Å². The Hall–Kier alpha value is -3.26. The van der Waals surface area contributed by atoms with Crippen LogP contribution in [0.1, 0.15) is 24.0 Å². The summed E-state index contributed by atoms with van der Waals surface area (Å²) >= 11 is 0. The molecule has 2 rings (SSSR count). The molecule has 1 N–H and O–H groups in total. The highest BCUT2D eigenvalue weighted by Gasteiger charge is 2.07. The van der Waals surface area contributed by atoms with Gasteiger partial charge in [-0.1, -0.05) is 43.3 Å². The first kappa shape index (κ1) is 19.1. The van der Waals surface area contributed by atoms with Crippen molar-refractivity contribution in [3.8, 4) is 17.6 Å². The molecule has 0 aliphatic rings. The molecule has 0 aliphatic heterocycles. The van der Waals surface area contributed by atoms with E-state index in [0.717, 1.165) is 5.56 Å². The Morgan fingerprint density at radius 1 is 1.23 bits per heavy atom. The van der Waals surface area contributed by atoms with Gasteiger partial charge in [-0.05, 0) is 35.3 Å². The summed E-state index contributed by atoms with van der Waals surface area (Å²) in [5.74, 6) is 1.09. The third-order valence-electron chi connectivity index (χ3n) is 3.86. The Morgan fingerprint density at radius 3 is 2.69 bits per heavy atom. The topological polar surface area (TPSA) is 71.3 Å². The van der Waals surface area contributed by atoms with E-state index >= 15 is 0 Å². The summed E-state index contributed by atoms with van der Waals surface area (Å²) in [5, 5.41) is 11.5. The molecule has 0 fully saturated rings. The van der Waals surface area contributed by atoms with Gasteiger partial charge in [0.2, 0.25) is 5.91 Å². The molecular weight excluding hydrogens is 328 g/mol. The second kappa shape index (κ2) is 9.90. The highest BCUT2D eigenvalue weighted by Crippen LogP contribution is 2.28. The van der Waals surface area contributed by atoms with Crippen LogP contribution >= 0.6 is 0 Å². The Balaban J connectivity index is 1.92. The fourth-order valence-corrected chi connectivity index (χ4v) is 2.40. The molecule has 0 saturated carbocycles. The number of hydrogen-bond acceptors (Lipinski definition) is 4. The van der Waals surface area contributed by atoms with Gasteiger partial charge >= 0.3 is 0 Å². The summed E-state index contributed by atoms with van der Waals surface area (Å²) in [6.07, 6.45) is 3.20. The van der Waals surface area contributed by atoms with E-state index in [1.54, 1.807) is 24.3 Å². The number of nitriles is 1. The van der Waals surface area contributed by atoms with Gasteiger partial charge in [0.05, 0.1) is 7.11 Å². The van der Waals surface area contributed by atoms with Crippen molar-refractivity contribution >= 4 is 12.0 Å². The zero-order valence-electron chi connectivity index (χ0n) is 14.9. The van der Waals surface area contributed by atoms with Gasteiger partial charge in [0.25, 0.3) is 0 Å². The summed E-state index contributed by atoms with van der Waals surface area (Å²) < 4.78 is 10.5. The fourth-order valence-electron chi connectivity index (χ4n) is 2.40. The van der Waals surface area contributed by atoms with Crippen LogP contribution in [0.4, 0.5) is 0 Å². The largest absolute Gasteiger partial charge is 0.493 e. The van der Waals surface area contributed by atoms with Gasteiger partial charge in [0, 0.05) is 12.6 Å². The number of benzene rings is 2. The van der Waals surface area contributed by atoms with Gasteiger partial charge in [0.15, 0.2) is 18.1 Å². The van der Waals surface area contributed by atoms with E-state index in [1.807, 2.05) is 24.3 Å². The lowest BCUT2D eigenvalue weighted by molar-refractivity contribution is -0.116. The van der Waals surface area contributed by atoms with E-state index in [2.05, 4.69) is 24.4 Å². The highest BCUT2D eigenvalue weighted by atomic mass is 16.5. The van der Waals surface area contributed by atoms with E-state index in [4.69, 9.17) is 14.7 Å². The molecule has 0 bridgehead atoms. The first-order valence-electron chi connectivity index (χ1n) is 8.32. The van der Waals surface area contributed by atoms with Crippen molar-refractivity contribution < 1.29 is 14.3 Å². The minimum atomic E-state index is -0.156. The molecule has 0 aliphatic carbocycles. The number of amides is 1. The predicted molar refractivity (Wildman–Crippen MR) is 101 cm³/mol. The summed E-state index contributed by atoms with van der Waals surface area (Å²) in [5.41, 5.74) is 1.99. The average molecular weight is 350 g/mol. The van der Waals surface area contributed by atoms with Gasteiger partial charge in [-0.3, -0.25) is 4.79 Å². The summed E-state index contributed by atoms with van der Waals surface area (Å²) in [4.78, 5) is 12.0. The summed E-state index contributed by atoms with van der Waals surface area (Å²) in [6, 6.07) is 17.2. The Bertz CT molecular complexity index is 795. The number of methoxy groups -OCH3 is 1. The molecule has 0 unspecified atom stereocenters.